The summed E-state index contributed by atoms with van der Waals surface area (Å²) in [5.41, 5.74) is 1.01. The molecule has 0 saturated heterocycles. The highest BCUT2D eigenvalue weighted by Gasteiger charge is 2.37. The van der Waals surface area contributed by atoms with Crippen molar-refractivity contribution in [2.45, 2.75) is 91.8 Å². The molecule has 3 unspecified atom stereocenters. The zero-order valence-electron chi connectivity index (χ0n) is 22.6. The van der Waals surface area contributed by atoms with Gasteiger partial charge in [0.2, 0.25) is 11.8 Å². The maximum Gasteiger partial charge on any atom is 0.408 e. The van der Waals surface area contributed by atoms with E-state index < -0.39 is 23.8 Å². The van der Waals surface area contributed by atoms with Crippen LogP contribution in [-0.2, 0) is 14.3 Å². The standard InChI is InChI=1S/C28H45N3O4/c1-9-12-13-17-29-25(32)24(22-16-14-15-20(4)19-22)31(18-10-2)26(33)23(21(5)11-3)30-27(34)35-28(6,7)8/h10,14-16,19,21,23-24H,2,9,11-13,17-18H2,1,3-8H3,(H,29,32)(H,30,34). The fraction of sp³-hybridized carbons (Fsp3) is 0.607. The smallest absolute Gasteiger partial charge is 0.408 e. The Labute approximate surface area is 211 Å². The molecule has 0 radical (unpaired) electrons. The van der Waals surface area contributed by atoms with Gasteiger partial charge in [-0.3, -0.25) is 9.59 Å². The summed E-state index contributed by atoms with van der Waals surface area (Å²) in [6, 6.07) is 5.89. The largest absolute Gasteiger partial charge is 0.444 e. The third-order valence-electron chi connectivity index (χ3n) is 5.76. The molecule has 0 spiro atoms. The van der Waals surface area contributed by atoms with E-state index in [1.807, 2.05) is 45.0 Å². The Bertz CT molecular complexity index is 847. The molecule has 7 heteroatoms. The van der Waals surface area contributed by atoms with Crippen molar-refractivity contribution in [1.82, 2.24) is 15.5 Å². The van der Waals surface area contributed by atoms with E-state index in [-0.39, 0.29) is 24.3 Å². The molecule has 0 bridgehead atoms. The average Bonchev–Trinajstić information content (AvgIpc) is 2.78. The van der Waals surface area contributed by atoms with Crippen molar-refractivity contribution in [3.63, 3.8) is 0 Å². The maximum absolute atomic E-state index is 13.9. The number of nitrogens with one attached hydrogen (secondary N) is 2. The van der Waals surface area contributed by atoms with E-state index in [0.29, 0.717) is 18.5 Å². The van der Waals surface area contributed by atoms with Crippen LogP contribution in [0.2, 0.25) is 0 Å². The number of carbonyl (C=O) groups is 3. The molecule has 1 aromatic carbocycles. The van der Waals surface area contributed by atoms with Gasteiger partial charge >= 0.3 is 6.09 Å². The Morgan fingerprint density at radius 2 is 1.86 bits per heavy atom. The molecule has 196 valence electrons. The second-order valence-corrected chi connectivity index (χ2v) is 10.1. The van der Waals surface area contributed by atoms with Crippen molar-refractivity contribution in [3.05, 3.63) is 48.0 Å². The molecular formula is C28H45N3O4. The van der Waals surface area contributed by atoms with Gasteiger partial charge < -0.3 is 20.3 Å². The fourth-order valence-electron chi connectivity index (χ4n) is 3.75. The van der Waals surface area contributed by atoms with Crippen molar-refractivity contribution in [2.75, 3.05) is 13.1 Å². The summed E-state index contributed by atoms with van der Waals surface area (Å²) < 4.78 is 5.42. The van der Waals surface area contributed by atoms with E-state index in [0.717, 1.165) is 24.8 Å². The van der Waals surface area contributed by atoms with Crippen molar-refractivity contribution in [2.24, 2.45) is 5.92 Å². The van der Waals surface area contributed by atoms with Crippen LogP contribution in [0.25, 0.3) is 0 Å². The van der Waals surface area contributed by atoms with Gasteiger partial charge in [0.25, 0.3) is 0 Å². The van der Waals surface area contributed by atoms with Gasteiger partial charge in [0.1, 0.15) is 17.7 Å². The molecule has 0 aromatic heterocycles. The lowest BCUT2D eigenvalue weighted by atomic mass is 9.95. The van der Waals surface area contributed by atoms with Gasteiger partial charge in [0.15, 0.2) is 0 Å². The number of rotatable bonds is 13. The Balaban J connectivity index is 3.38. The predicted octanol–water partition coefficient (Wildman–Crippen LogP) is 5.30. The van der Waals surface area contributed by atoms with E-state index >= 15 is 0 Å². The number of ether oxygens (including phenoxy) is 1. The summed E-state index contributed by atoms with van der Waals surface area (Å²) in [6.07, 6.45) is 4.53. The number of hydrogen-bond acceptors (Lipinski definition) is 4. The topological polar surface area (TPSA) is 87.7 Å². The first-order valence-corrected chi connectivity index (χ1v) is 12.7. The number of alkyl carbamates (subject to hydrolysis) is 1. The summed E-state index contributed by atoms with van der Waals surface area (Å²) in [6.45, 7) is 17.7. The fourth-order valence-corrected chi connectivity index (χ4v) is 3.75. The molecule has 7 nitrogen and oxygen atoms in total. The van der Waals surface area contributed by atoms with E-state index in [2.05, 4.69) is 24.1 Å². The maximum atomic E-state index is 13.9. The van der Waals surface area contributed by atoms with Gasteiger partial charge in [-0.15, -0.1) is 6.58 Å². The van der Waals surface area contributed by atoms with Gasteiger partial charge in [-0.2, -0.15) is 0 Å². The first kappa shape index (κ1) is 30.2. The van der Waals surface area contributed by atoms with Crippen LogP contribution in [0.5, 0.6) is 0 Å². The number of unbranched alkanes of at least 4 members (excludes halogenated alkanes) is 2. The second-order valence-electron chi connectivity index (χ2n) is 10.1. The van der Waals surface area contributed by atoms with Crippen LogP contribution in [0, 0.1) is 12.8 Å². The average molecular weight is 488 g/mol. The molecular weight excluding hydrogens is 442 g/mol. The quantitative estimate of drug-likeness (QED) is 0.292. The van der Waals surface area contributed by atoms with Crippen molar-refractivity contribution >= 4 is 17.9 Å². The van der Waals surface area contributed by atoms with Crippen molar-refractivity contribution in [1.29, 1.82) is 0 Å². The van der Waals surface area contributed by atoms with E-state index in [9.17, 15) is 14.4 Å². The van der Waals surface area contributed by atoms with Crippen LogP contribution in [0.4, 0.5) is 4.79 Å². The third-order valence-corrected chi connectivity index (χ3v) is 5.76. The zero-order valence-corrected chi connectivity index (χ0v) is 22.6. The molecule has 3 amide bonds. The number of nitrogens with zero attached hydrogens (tertiary/aromatic N) is 1. The van der Waals surface area contributed by atoms with Crippen LogP contribution in [-0.4, -0.2) is 47.5 Å². The predicted molar refractivity (Wildman–Crippen MR) is 141 cm³/mol. The number of aryl methyl sites for hydroxylation is 1. The Morgan fingerprint density at radius 3 is 2.40 bits per heavy atom. The van der Waals surface area contributed by atoms with E-state index in [4.69, 9.17) is 4.74 Å². The van der Waals surface area contributed by atoms with Crippen LogP contribution in [0.3, 0.4) is 0 Å². The molecule has 35 heavy (non-hydrogen) atoms. The van der Waals surface area contributed by atoms with E-state index in [1.165, 1.54) is 4.90 Å². The van der Waals surface area contributed by atoms with Crippen LogP contribution >= 0.6 is 0 Å². The molecule has 2 N–H and O–H groups in total. The second kappa shape index (κ2) is 14.5. The molecule has 0 heterocycles. The SMILES string of the molecule is C=CCN(C(=O)C(NC(=O)OC(C)(C)C)C(C)CC)C(C(=O)NCCCCC)c1cccc(C)c1. The molecule has 0 aliphatic carbocycles. The summed E-state index contributed by atoms with van der Waals surface area (Å²) >= 11 is 0. The summed E-state index contributed by atoms with van der Waals surface area (Å²) in [5, 5.41) is 5.77. The Kier molecular flexibility index (Phi) is 12.5. The van der Waals surface area contributed by atoms with Gasteiger partial charge in [-0.1, -0.05) is 75.9 Å². The summed E-state index contributed by atoms with van der Waals surface area (Å²) in [7, 11) is 0. The number of carbonyl (C=O) groups excluding carboxylic acids is 3. The highest BCUT2D eigenvalue weighted by molar-refractivity contribution is 5.92. The first-order valence-electron chi connectivity index (χ1n) is 12.7. The van der Waals surface area contributed by atoms with Gasteiger partial charge in [0.05, 0.1) is 0 Å². The number of amides is 3. The lowest BCUT2D eigenvalue weighted by Crippen LogP contribution is -2.55. The minimum atomic E-state index is -0.853. The Hall–Kier alpha value is -2.83. The van der Waals surface area contributed by atoms with Gasteiger partial charge in [-0.25, -0.2) is 4.79 Å². The van der Waals surface area contributed by atoms with Gasteiger partial charge in [-0.05, 0) is 45.6 Å². The van der Waals surface area contributed by atoms with Crippen molar-refractivity contribution in [3.8, 4) is 0 Å². The zero-order chi connectivity index (χ0) is 26.6. The van der Waals surface area contributed by atoms with E-state index in [1.54, 1.807) is 26.8 Å². The minimum absolute atomic E-state index is 0.156. The molecule has 1 rings (SSSR count). The highest BCUT2D eigenvalue weighted by Crippen LogP contribution is 2.25. The lowest BCUT2D eigenvalue weighted by molar-refractivity contribution is -0.142. The lowest BCUT2D eigenvalue weighted by Gasteiger charge is -2.35. The minimum Gasteiger partial charge on any atom is -0.444 e. The van der Waals surface area contributed by atoms with Crippen LogP contribution in [0.15, 0.2) is 36.9 Å². The molecule has 1 aromatic rings. The molecule has 0 saturated carbocycles. The molecule has 0 aliphatic heterocycles. The van der Waals surface area contributed by atoms with Crippen LogP contribution in [0.1, 0.15) is 84.4 Å². The first-order chi connectivity index (χ1) is 16.4. The number of benzene rings is 1. The van der Waals surface area contributed by atoms with Crippen LogP contribution < -0.4 is 10.6 Å². The number of hydrogen-bond donors (Lipinski definition) is 2. The Morgan fingerprint density at radius 1 is 1.17 bits per heavy atom. The molecule has 3 atom stereocenters. The molecule has 0 fully saturated rings. The highest BCUT2D eigenvalue weighted by atomic mass is 16.6. The van der Waals surface area contributed by atoms with Gasteiger partial charge in [0, 0.05) is 13.1 Å². The molecule has 0 aliphatic rings. The van der Waals surface area contributed by atoms with Crippen molar-refractivity contribution < 1.29 is 19.1 Å². The summed E-state index contributed by atoms with van der Waals surface area (Å²) in [4.78, 5) is 41.5. The normalized spacial score (nSPS) is 13.8. The third kappa shape index (κ3) is 10.1. The monoisotopic (exact) mass is 487 g/mol. The summed E-state index contributed by atoms with van der Waals surface area (Å²) in [5.74, 6) is -0.768.